The third-order valence-corrected chi connectivity index (χ3v) is 6.99. The van der Waals surface area contributed by atoms with Crippen molar-refractivity contribution in [3.05, 3.63) is 88.0 Å². The molecular weight excluding hydrogens is 459 g/mol. The molecule has 0 saturated carbocycles. The molecule has 1 aromatic heterocycles. The summed E-state index contributed by atoms with van der Waals surface area (Å²) in [4.78, 5) is 15.7. The molecule has 0 radical (unpaired) electrons. The summed E-state index contributed by atoms with van der Waals surface area (Å²) in [6.07, 6.45) is 0. The molecule has 0 bridgehead atoms. The standard InChI is InChI=1S/C22H16Cl2N2O4S/c23-14-4-2-6-17(10-14)31(29,30)21-18-11-15(24)7-8-19(18)26-20(21)22(28)25-12-13-3-1-5-16(27)9-13/h1-11,26-27H,12H2,(H,25,28). The summed E-state index contributed by atoms with van der Waals surface area (Å²) in [7, 11) is -4.10. The van der Waals surface area contributed by atoms with Crippen molar-refractivity contribution < 1.29 is 18.3 Å². The van der Waals surface area contributed by atoms with Gasteiger partial charge in [-0.15, -0.1) is 0 Å². The molecule has 0 aliphatic carbocycles. The van der Waals surface area contributed by atoms with Crippen molar-refractivity contribution in [1.82, 2.24) is 10.3 Å². The lowest BCUT2D eigenvalue weighted by Gasteiger charge is -2.09. The highest BCUT2D eigenvalue weighted by Crippen LogP contribution is 2.34. The zero-order valence-corrected chi connectivity index (χ0v) is 18.2. The van der Waals surface area contributed by atoms with Crippen LogP contribution in [-0.4, -0.2) is 24.4 Å². The van der Waals surface area contributed by atoms with Crippen LogP contribution in [-0.2, 0) is 16.4 Å². The summed E-state index contributed by atoms with van der Waals surface area (Å²) in [6, 6.07) is 17.0. The van der Waals surface area contributed by atoms with E-state index in [1.54, 1.807) is 30.3 Å². The Labute approximate surface area is 188 Å². The third kappa shape index (κ3) is 4.25. The maximum atomic E-state index is 13.5. The minimum Gasteiger partial charge on any atom is -0.508 e. The second-order valence-corrected chi connectivity index (χ2v) is 9.59. The second kappa shape index (κ2) is 8.26. The number of hydrogen-bond acceptors (Lipinski definition) is 4. The number of aromatic amines is 1. The minimum absolute atomic E-state index is 0.0390. The molecule has 0 unspecified atom stereocenters. The molecule has 4 aromatic rings. The number of aromatic nitrogens is 1. The zero-order valence-electron chi connectivity index (χ0n) is 15.9. The molecule has 0 aliphatic rings. The van der Waals surface area contributed by atoms with Gasteiger partial charge < -0.3 is 15.4 Å². The number of halogens is 2. The van der Waals surface area contributed by atoms with Crippen LogP contribution in [0.1, 0.15) is 16.1 Å². The molecular formula is C22H16Cl2N2O4S. The molecule has 0 fully saturated rings. The number of hydrogen-bond donors (Lipinski definition) is 3. The molecule has 4 rings (SSSR count). The average Bonchev–Trinajstić information content (AvgIpc) is 3.11. The molecule has 158 valence electrons. The zero-order chi connectivity index (χ0) is 22.2. The summed E-state index contributed by atoms with van der Waals surface area (Å²) < 4.78 is 27.0. The molecule has 0 atom stereocenters. The highest BCUT2D eigenvalue weighted by molar-refractivity contribution is 7.91. The van der Waals surface area contributed by atoms with E-state index in [0.717, 1.165) is 0 Å². The predicted molar refractivity (Wildman–Crippen MR) is 119 cm³/mol. The fourth-order valence-corrected chi connectivity index (χ4v) is 5.34. The van der Waals surface area contributed by atoms with E-state index in [4.69, 9.17) is 23.2 Å². The molecule has 0 saturated heterocycles. The number of carbonyl (C=O) groups is 1. The van der Waals surface area contributed by atoms with Crippen molar-refractivity contribution in [3.8, 4) is 5.75 Å². The number of carbonyl (C=O) groups excluding carboxylic acids is 1. The normalized spacial score (nSPS) is 11.5. The van der Waals surface area contributed by atoms with Crippen molar-refractivity contribution in [2.24, 2.45) is 0 Å². The lowest BCUT2D eigenvalue weighted by Crippen LogP contribution is -2.25. The first-order chi connectivity index (χ1) is 14.8. The van der Waals surface area contributed by atoms with Gasteiger partial charge in [-0.3, -0.25) is 4.79 Å². The largest absolute Gasteiger partial charge is 0.508 e. The molecule has 31 heavy (non-hydrogen) atoms. The summed E-state index contributed by atoms with van der Waals surface area (Å²) >= 11 is 12.1. The first-order valence-corrected chi connectivity index (χ1v) is 11.4. The van der Waals surface area contributed by atoms with Crippen molar-refractivity contribution in [1.29, 1.82) is 0 Å². The van der Waals surface area contributed by atoms with E-state index in [-0.39, 0.29) is 32.8 Å². The maximum absolute atomic E-state index is 13.5. The molecule has 0 aliphatic heterocycles. The number of sulfone groups is 1. The van der Waals surface area contributed by atoms with Gasteiger partial charge in [0.2, 0.25) is 9.84 Å². The fraction of sp³-hybridized carbons (Fsp3) is 0.0455. The van der Waals surface area contributed by atoms with Crippen LogP contribution in [0.3, 0.4) is 0 Å². The topological polar surface area (TPSA) is 99.3 Å². The summed E-state index contributed by atoms with van der Waals surface area (Å²) in [5, 5.41) is 13.2. The number of fused-ring (bicyclic) bond motifs is 1. The van der Waals surface area contributed by atoms with Crippen LogP contribution in [0.2, 0.25) is 10.0 Å². The van der Waals surface area contributed by atoms with E-state index in [1.165, 1.54) is 36.4 Å². The Morgan fingerprint density at radius 3 is 2.45 bits per heavy atom. The molecule has 1 heterocycles. The number of nitrogens with one attached hydrogen (secondary N) is 2. The predicted octanol–water partition coefficient (Wildman–Crippen LogP) is 4.94. The van der Waals surface area contributed by atoms with Gasteiger partial charge in [0.05, 0.1) is 4.90 Å². The Balaban J connectivity index is 1.81. The van der Waals surface area contributed by atoms with Gasteiger partial charge in [0.1, 0.15) is 16.3 Å². The van der Waals surface area contributed by atoms with Gasteiger partial charge in [-0.2, -0.15) is 0 Å². The molecule has 3 N–H and O–H groups in total. The highest BCUT2D eigenvalue weighted by atomic mass is 35.5. The number of amides is 1. The number of H-pyrrole nitrogens is 1. The van der Waals surface area contributed by atoms with E-state index in [9.17, 15) is 18.3 Å². The van der Waals surface area contributed by atoms with Gasteiger partial charge in [-0.25, -0.2) is 8.42 Å². The van der Waals surface area contributed by atoms with Crippen LogP contribution < -0.4 is 5.32 Å². The first kappa shape index (κ1) is 21.2. The van der Waals surface area contributed by atoms with E-state index in [1.807, 2.05) is 0 Å². The van der Waals surface area contributed by atoms with Gasteiger partial charge in [-0.05, 0) is 54.1 Å². The van der Waals surface area contributed by atoms with Gasteiger partial charge in [-0.1, -0.05) is 41.4 Å². The highest BCUT2D eigenvalue weighted by Gasteiger charge is 2.30. The van der Waals surface area contributed by atoms with Crippen LogP contribution in [0.4, 0.5) is 0 Å². The lowest BCUT2D eigenvalue weighted by atomic mass is 10.2. The van der Waals surface area contributed by atoms with Crippen molar-refractivity contribution in [2.45, 2.75) is 16.3 Å². The lowest BCUT2D eigenvalue weighted by molar-refractivity contribution is 0.0943. The van der Waals surface area contributed by atoms with Crippen molar-refractivity contribution >= 4 is 49.8 Å². The number of phenols is 1. The van der Waals surface area contributed by atoms with Crippen LogP contribution >= 0.6 is 23.2 Å². The van der Waals surface area contributed by atoms with E-state index >= 15 is 0 Å². The second-order valence-electron chi connectivity index (χ2n) is 6.83. The van der Waals surface area contributed by atoms with Crippen LogP contribution in [0.5, 0.6) is 5.75 Å². The molecule has 3 aromatic carbocycles. The molecule has 0 spiro atoms. The Morgan fingerprint density at radius 2 is 1.71 bits per heavy atom. The Morgan fingerprint density at radius 1 is 0.968 bits per heavy atom. The van der Waals surface area contributed by atoms with Gasteiger partial charge in [0.15, 0.2) is 0 Å². The summed E-state index contributed by atoms with van der Waals surface area (Å²) in [5.74, 6) is -0.549. The van der Waals surface area contributed by atoms with Gasteiger partial charge >= 0.3 is 0 Å². The Kier molecular flexibility index (Phi) is 5.66. The molecule has 1 amide bonds. The number of benzene rings is 3. The quantitative estimate of drug-likeness (QED) is 0.381. The van der Waals surface area contributed by atoms with Crippen LogP contribution in [0.15, 0.2) is 76.5 Å². The van der Waals surface area contributed by atoms with E-state index in [2.05, 4.69) is 10.3 Å². The first-order valence-electron chi connectivity index (χ1n) is 9.14. The Hall–Kier alpha value is -3.00. The van der Waals surface area contributed by atoms with Crippen LogP contribution in [0, 0.1) is 0 Å². The minimum atomic E-state index is -4.10. The van der Waals surface area contributed by atoms with E-state index in [0.29, 0.717) is 21.5 Å². The SMILES string of the molecule is O=C(NCc1cccc(O)c1)c1[nH]c2ccc(Cl)cc2c1S(=O)(=O)c1cccc(Cl)c1. The molecule has 6 nitrogen and oxygen atoms in total. The average molecular weight is 475 g/mol. The van der Waals surface area contributed by atoms with Gasteiger partial charge in [0.25, 0.3) is 5.91 Å². The number of rotatable bonds is 5. The number of aromatic hydroxyl groups is 1. The number of phenolic OH excluding ortho intramolecular Hbond substituents is 1. The molecule has 9 heteroatoms. The van der Waals surface area contributed by atoms with Crippen molar-refractivity contribution in [2.75, 3.05) is 0 Å². The van der Waals surface area contributed by atoms with Crippen molar-refractivity contribution in [3.63, 3.8) is 0 Å². The smallest absolute Gasteiger partial charge is 0.269 e. The van der Waals surface area contributed by atoms with Gasteiger partial charge in [0, 0.05) is 27.5 Å². The third-order valence-electron chi connectivity index (χ3n) is 4.68. The summed E-state index contributed by atoms with van der Waals surface area (Å²) in [6.45, 7) is 0.0972. The van der Waals surface area contributed by atoms with E-state index < -0.39 is 15.7 Å². The monoisotopic (exact) mass is 474 g/mol. The maximum Gasteiger partial charge on any atom is 0.269 e. The summed E-state index contributed by atoms with van der Waals surface area (Å²) in [5.41, 5.74) is 0.997. The van der Waals surface area contributed by atoms with Crippen LogP contribution in [0.25, 0.3) is 10.9 Å². The Bertz CT molecular complexity index is 1410. The fourth-order valence-electron chi connectivity index (χ4n) is 3.27.